The Bertz CT molecular complexity index is 1180. The van der Waals surface area contributed by atoms with Crippen molar-refractivity contribution < 1.29 is 44.9 Å². The molecule has 2 aromatic carbocycles. The van der Waals surface area contributed by atoms with Crippen LogP contribution in [0.5, 0.6) is 5.75 Å². The lowest BCUT2D eigenvalue weighted by atomic mass is 9.68. The molecule has 0 aromatic heterocycles. The van der Waals surface area contributed by atoms with Crippen LogP contribution in [0, 0.1) is 35.3 Å². The Labute approximate surface area is 235 Å². The monoisotopic (exact) mass is 588 g/mol. The summed E-state index contributed by atoms with van der Waals surface area (Å²) in [5.41, 5.74) is -0.161. The van der Waals surface area contributed by atoms with Gasteiger partial charge < -0.3 is 14.2 Å². The predicted octanol–water partition coefficient (Wildman–Crippen LogP) is 9.42. The Morgan fingerprint density at radius 3 is 1.90 bits per heavy atom. The highest BCUT2D eigenvalue weighted by atomic mass is 19.4. The molecule has 0 amide bonds. The maximum Gasteiger partial charge on any atom is 0.419 e. The molecule has 0 radical (unpaired) electrons. The highest BCUT2D eigenvalue weighted by molar-refractivity contribution is 5.31. The smallest absolute Gasteiger partial charge is 0.419 e. The zero-order valence-electron chi connectivity index (χ0n) is 22.9. The van der Waals surface area contributed by atoms with E-state index >= 15 is 4.39 Å². The molecule has 1 heterocycles. The van der Waals surface area contributed by atoms with E-state index in [0.29, 0.717) is 61.2 Å². The van der Waals surface area contributed by atoms with E-state index in [4.69, 9.17) is 14.2 Å². The van der Waals surface area contributed by atoms with E-state index in [1.807, 2.05) is 19.1 Å². The van der Waals surface area contributed by atoms with Crippen LogP contribution in [0.2, 0.25) is 0 Å². The van der Waals surface area contributed by atoms with Gasteiger partial charge in [0.25, 0.3) is 0 Å². The molecular weight excluding hydrogens is 553 g/mol. The normalized spacial score (nSPS) is 29.8. The van der Waals surface area contributed by atoms with Crippen molar-refractivity contribution in [3.05, 3.63) is 64.7 Å². The highest BCUT2D eigenvalue weighted by Gasteiger charge is 2.45. The molecular formula is C31H35F7O3. The van der Waals surface area contributed by atoms with Crippen LogP contribution < -0.4 is 4.74 Å². The van der Waals surface area contributed by atoms with Crippen LogP contribution in [0.4, 0.5) is 30.7 Å². The van der Waals surface area contributed by atoms with E-state index < -0.39 is 41.6 Å². The largest absolute Gasteiger partial charge is 0.432 e. The van der Waals surface area contributed by atoms with Gasteiger partial charge in [-0.3, -0.25) is 0 Å². The first-order valence-electron chi connectivity index (χ1n) is 14.4. The summed E-state index contributed by atoms with van der Waals surface area (Å²) in [6.45, 7) is 3.18. The maximum absolute atomic E-state index is 15.1. The van der Waals surface area contributed by atoms with Crippen LogP contribution >= 0.6 is 0 Å². The summed E-state index contributed by atoms with van der Waals surface area (Å²) in [4.78, 5) is 0. The van der Waals surface area contributed by atoms with Crippen LogP contribution in [-0.2, 0) is 15.7 Å². The van der Waals surface area contributed by atoms with Gasteiger partial charge in [-0.25, -0.2) is 8.78 Å². The molecule has 2 saturated carbocycles. The summed E-state index contributed by atoms with van der Waals surface area (Å²) < 4.78 is 113. The van der Waals surface area contributed by atoms with Crippen molar-refractivity contribution >= 4 is 0 Å². The van der Waals surface area contributed by atoms with E-state index in [2.05, 4.69) is 0 Å². The average molecular weight is 589 g/mol. The van der Waals surface area contributed by atoms with Crippen LogP contribution in [0.25, 0.3) is 0 Å². The van der Waals surface area contributed by atoms with Gasteiger partial charge in [-0.1, -0.05) is 19.1 Å². The number of hydrogen-bond donors (Lipinski definition) is 0. The Balaban J connectivity index is 1.11. The molecule has 3 nitrogen and oxygen atoms in total. The molecule has 0 bridgehead atoms. The number of halogens is 7. The lowest BCUT2D eigenvalue weighted by Gasteiger charge is -2.39. The van der Waals surface area contributed by atoms with Gasteiger partial charge in [0.05, 0.1) is 24.7 Å². The molecule has 1 aliphatic heterocycles. The average Bonchev–Trinajstić information content (AvgIpc) is 2.93. The Morgan fingerprint density at radius 1 is 0.732 bits per heavy atom. The summed E-state index contributed by atoms with van der Waals surface area (Å²) in [7, 11) is 0. The van der Waals surface area contributed by atoms with Crippen LogP contribution in [0.1, 0.15) is 87.2 Å². The Kier molecular flexibility index (Phi) is 8.90. The van der Waals surface area contributed by atoms with Crippen LogP contribution in [0.3, 0.4) is 0 Å². The molecule has 2 aliphatic carbocycles. The van der Waals surface area contributed by atoms with Gasteiger partial charge in [-0.15, -0.1) is 0 Å². The number of ether oxygens (including phenoxy) is 3. The third-order valence-electron chi connectivity index (χ3n) is 8.99. The predicted molar refractivity (Wildman–Crippen MR) is 137 cm³/mol. The van der Waals surface area contributed by atoms with Crippen molar-refractivity contribution in [2.45, 2.75) is 82.8 Å². The van der Waals surface area contributed by atoms with E-state index in [0.717, 1.165) is 31.7 Å². The van der Waals surface area contributed by atoms with Gasteiger partial charge in [0.1, 0.15) is 17.4 Å². The van der Waals surface area contributed by atoms with Gasteiger partial charge in [0, 0.05) is 17.5 Å². The SMILES string of the molecule is CC1COC(c2ccc(C3CCC(C4CCC(C(F)(F)Oc5ccc(C(F)(F)F)c(F)c5)CC4)CC3)c(F)c2)OC1. The third-order valence-corrected chi connectivity index (χ3v) is 8.99. The Hall–Kier alpha value is -2.33. The topological polar surface area (TPSA) is 27.7 Å². The molecule has 3 fully saturated rings. The molecule has 0 N–H and O–H groups in total. The molecule has 10 heteroatoms. The van der Waals surface area contributed by atoms with Crippen LogP contribution in [0.15, 0.2) is 36.4 Å². The van der Waals surface area contributed by atoms with Gasteiger partial charge in [0.15, 0.2) is 6.29 Å². The second-order valence-corrected chi connectivity index (χ2v) is 11.9. The van der Waals surface area contributed by atoms with Crippen LogP contribution in [-0.4, -0.2) is 19.3 Å². The second kappa shape index (κ2) is 12.1. The van der Waals surface area contributed by atoms with E-state index in [1.54, 1.807) is 0 Å². The van der Waals surface area contributed by atoms with Gasteiger partial charge >= 0.3 is 12.3 Å². The zero-order chi connectivity index (χ0) is 29.4. The first-order valence-corrected chi connectivity index (χ1v) is 14.4. The fourth-order valence-corrected chi connectivity index (χ4v) is 6.67. The third kappa shape index (κ3) is 7.01. The maximum atomic E-state index is 15.1. The minimum atomic E-state index is -4.92. The fraction of sp³-hybridized carbons (Fsp3) is 0.613. The van der Waals surface area contributed by atoms with E-state index in [-0.39, 0.29) is 30.5 Å². The van der Waals surface area contributed by atoms with Gasteiger partial charge in [0.2, 0.25) is 0 Å². The van der Waals surface area contributed by atoms with E-state index in [9.17, 15) is 26.3 Å². The summed E-state index contributed by atoms with van der Waals surface area (Å²) >= 11 is 0. The molecule has 2 aromatic rings. The molecule has 0 atom stereocenters. The van der Waals surface area contributed by atoms with Crippen molar-refractivity contribution in [1.29, 1.82) is 0 Å². The number of hydrogen-bond acceptors (Lipinski definition) is 3. The van der Waals surface area contributed by atoms with Crippen molar-refractivity contribution in [3.8, 4) is 5.75 Å². The molecule has 0 spiro atoms. The van der Waals surface area contributed by atoms with Gasteiger partial charge in [-0.05, 0) is 92.9 Å². The van der Waals surface area contributed by atoms with Crippen molar-refractivity contribution in [2.24, 2.45) is 23.7 Å². The standard InChI is InChI=1S/C31H35F7O3/c1-18-16-39-29(40-17-18)22-8-12-25(27(32)14-22)21-4-2-19(3-5-21)20-6-9-23(10-7-20)31(37,38)41-24-11-13-26(28(33)15-24)30(34,35)36/h8,11-15,18-21,23,29H,2-7,9-10,16-17H2,1H3. The minimum Gasteiger partial charge on any atom is -0.432 e. The van der Waals surface area contributed by atoms with Crippen molar-refractivity contribution in [1.82, 2.24) is 0 Å². The molecule has 41 heavy (non-hydrogen) atoms. The summed E-state index contributed by atoms with van der Waals surface area (Å²) in [5, 5.41) is 0. The van der Waals surface area contributed by atoms with Gasteiger partial charge in [-0.2, -0.15) is 22.0 Å². The lowest BCUT2D eigenvalue weighted by Crippen LogP contribution is -2.38. The second-order valence-electron chi connectivity index (χ2n) is 11.9. The summed E-state index contributed by atoms with van der Waals surface area (Å²) in [6, 6.07) is 6.69. The highest BCUT2D eigenvalue weighted by Crippen LogP contribution is 2.47. The van der Waals surface area contributed by atoms with Crippen molar-refractivity contribution in [2.75, 3.05) is 13.2 Å². The first kappa shape index (κ1) is 30.1. The van der Waals surface area contributed by atoms with Crippen molar-refractivity contribution in [3.63, 3.8) is 0 Å². The first-order chi connectivity index (χ1) is 19.4. The summed E-state index contributed by atoms with van der Waals surface area (Å²) in [6.07, 6.45) is -4.05. The Morgan fingerprint density at radius 2 is 1.34 bits per heavy atom. The molecule has 0 unspecified atom stereocenters. The quantitative estimate of drug-likeness (QED) is 0.315. The minimum absolute atomic E-state index is 0.103. The molecule has 3 aliphatic rings. The zero-order valence-corrected chi connectivity index (χ0v) is 22.9. The summed E-state index contributed by atoms with van der Waals surface area (Å²) in [5.74, 6) is -2.57. The number of benzene rings is 2. The molecule has 5 rings (SSSR count). The number of rotatable bonds is 6. The lowest BCUT2D eigenvalue weighted by molar-refractivity contribution is -0.224. The fourth-order valence-electron chi connectivity index (χ4n) is 6.67. The van der Waals surface area contributed by atoms with E-state index in [1.165, 1.54) is 6.07 Å². The number of alkyl halides is 5. The molecule has 226 valence electrons. The molecule has 1 saturated heterocycles.